The van der Waals surface area contributed by atoms with Crippen molar-refractivity contribution in [1.82, 2.24) is 4.90 Å². The second kappa shape index (κ2) is 7.75. The Kier molecular flexibility index (Phi) is 5.45. The lowest BCUT2D eigenvalue weighted by Gasteiger charge is -2.14. The van der Waals surface area contributed by atoms with E-state index in [1.807, 2.05) is 0 Å². The van der Waals surface area contributed by atoms with Gasteiger partial charge in [0.25, 0.3) is 11.1 Å². The van der Waals surface area contributed by atoms with Gasteiger partial charge in [0.1, 0.15) is 16.0 Å². The fraction of sp³-hybridized carbons (Fsp3) is 0.111. The number of benzene rings is 2. The molecule has 1 fully saturated rings. The molecule has 0 aromatic heterocycles. The first kappa shape index (κ1) is 20.4. The fourth-order valence-corrected chi connectivity index (χ4v) is 4.95. The third-order valence-corrected chi connectivity index (χ3v) is 6.84. The number of rotatable bonds is 3. The van der Waals surface area contributed by atoms with E-state index in [2.05, 4.69) is 31.9 Å². The summed E-state index contributed by atoms with van der Waals surface area (Å²) >= 11 is 13.2. The molecule has 2 amide bonds. The van der Waals surface area contributed by atoms with Gasteiger partial charge in [-0.05, 0) is 67.4 Å². The van der Waals surface area contributed by atoms with E-state index in [9.17, 15) is 19.8 Å². The number of phenols is 2. The lowest BCUT2D eigenvalue weighted by atomic mass is 10.1. The zero-order valence-electron chi connectivity index (χ0n) is 14.2. The van der Waals surface area contributed by atoms with Gasteiger partial charge in [-0.25, -0.2) is 0 Å². The SMILES string of the molecule is O=C1S/C(=C\c2cc(Br)c(O)c(Br)c2O)C(=O)N1Cc1cc2c(cc1Cl)OCO2. The Morgan fingerprint density at radius 3 is 2.55 bits per heavy atom. The first-order valence-electron chi connectivity index (χ1n) is 7.99. The largest absolute Gasteiger partial charge is 0.506 e. The minimum Gasteiger partial charge on any atom is -0.506 e. The third kappa shape index (κ3) is 3.70. The summed E-state index contributed by atoms with van der Waals surface area (Å²) in [6.45, 7) is 0.0487. The van der Waals surface area contributed by atoms with Crippen molar-refractivity contribution in [3.63, 3.8) is 0 Å². The first-order valence-corrected chi connectivity index (χ1v) is 10.8. The lowest BCUT2D eigenvalue weighted by molar-refractivity contribution is -0.123. The summed E-state index contributed by atoms with van der Waals surface area (Å²) in [5.74, 6) is 0.0531. The summed E-state index contributed by atoms with van der Waals surface area (Å²) in [5.41, 5.74) is 0.797. The van der Waals surface area contributed by atoms with Gasteiger partial charge in [0, 0.05) is 16.7 Å². The molecule has 2 aliphatic rings. The van der Waals surface area contributed by atoms with Crippen LogP contribution in [-0.2, 0) is 11.3 Å². The molecule has 0 unspecified atom stereocenters. The predicted octanol–water partition coefficient (Wildman–Crippen LogP) is 5.24. The summed E-state index contributed by atoms with van der Waals surface area (Å²) < 4.78 is 11.0. The van der Waals surface area contributed by atoms with Gasteiger partial charge in [-0.15, -0.1) is 0 Å². The smallest absolute Gasteiger partial charge is 0.293 e. The van der Waals surface area contributed by atoms with Crippen LogP contribution >= 0.6 is 55.2 Å². The maximum Gasteiger partial charge on any atom is 0.293 e. The molecule has 2 aliphatic heterocycles. The Morgan fingerprint density at radius 2 is 1.83 bits per heavy atom. The van der Waals surface area contributed by atoms with Crippen LogP contribution in [0.4, 0.5) is 4.79 Å². The van der Waals surface area contributed by atoms with Gasteiger partial charge in [0.05, 0.1) is 15.9 Å². The minimum atomic E-state index is -0.520. The van der Waals surface area contributed by atoms with Crippen LogP contribution in [0, 0.1) is 0 Å². The second-order valence-corrected chi connectivity index (χ2v) is 9.07. The number of halogens is 3. The number of fused-ring (bicyclic) bond motifs is 1. The Hall–Kier alpha value is -1.88. The van der Waals surface area contributed by atoms with E-state index in [0.717, 1.165) is 16.7 Å². The normalized spacial score (nSPS) is 16.9. The Labute approximate surface area is 190 Å². The van der Waals surface area contributed by atoms with E-state index < -0.39 is 11.1 Å². The zero-order valence-corrected chi connectivity index (χ0v) is 19.0. The van der Waals surface area contributed by atoms with Crippen molar-refractivity contribution in [3.05, 3.63) is 48.2 Å². The van der Waals surface area contributed by atoms with Crippen molar-refractivity contribution < 1.29 is 29.3 Å². The molecule has 150 valence electrons. The van der Waals surface area contributed by atoms with Crippen LogP contribution in [0.5, 0.6) is 23.0 Å². The number of carbonyl (C=O) groups is 2. The van der Waals surface area contributed by atoms with Crippen molar-refractivity contribution in [2.45, 2.75) is 6.54 Å². The molecular weight excluding hydrogens is 554 g/mol. The average Bonchev–Trinajstić information content (AvgIpc) is 3.23. The fourth-order valence-electron chi connectivity index (χ4n) is 2.76. The van der Waals surface area contributed by atoms with Gasteiger partial charge in [-0.3, -0.25) is 14.5 Å². The van der Waals surface area contributed by atoms with E-state index in [1.165, 1.54) is 12.1 Å². The van der Waals surface area contributed by atoms with Crippen LogP contribution in [0.1, 0.15) is 11.1 Å². The van der Waals surface area contributed by atoms with Crippen LogP contribution in [0.25, 0.3) is 6.08 Å². The maximum atomic E-state index is 12.8. The lowest BCUT2D eigenvalue weighted by Crippen LogP contribution is -2.27. The molecule has 2 heterocycles. The minimum absolute atomic E-state index is 0.0353. The van der Waals surface area contributed by atoms with Crippen LogP contribution in [-0.4, -0.2) is 33.1 Å². The summed E-state index contributed by atoms with van der Waals surface area (Å²) in [7, 11) is 0. The molecular formula is C18H10Br2ClNO6S. The molecule has 29 heavy (non-hydrogen) atoms. The first-order chi connectivity index (χ1) is 13.8. The van der Waals surface area contributed by atoms with Crippen LogP contribution in [0.2, 0.25) is 5.02 Å². The van der Waals surface area contributed by atoms with Crippen molar-refractivity contribution in [2.75, 3.05) is 6.79 Å². The van der Waals surface area contributed by atoms with Crippen molar-refractivity contribution in [2.24, 2.45) is 0 Å². The molecule has 2 N–H and O–H groups in total. The Balaban J connectivity index is 1.63. The van der Waals surface area contributed by atoms with Crippen LogP contribution < -0.4 is 9.47 Å². The number of thioether (sulfide) groups is 1. The van der Waals surface area contributed by atoms with E-state index in [4.69, 9.17) is 21.1 Å². The van der Waals surface area contributed by atoms with Gasteiger partial charge < -0.3 is 19.7 Å². The molecule has 11 heteroatoms. The van der Waals surface area contributed by atoms with Gasteiger partial charge >= 0.3 is 0 Å². The topological polar surface area (TPSA) is 96.3 Å². The molecule has 0 bridgehead atoms. The zero-order chi connectivity index (χ0) is 20.9. The summed E-state index contributed by atoms with van der Waals surface area (Å²) in [6.07, 6.45) is 1.39. The molecule has 0 aliphatic carbocycles. The van der Waals surface area contributed by atoms with Crippen LogP contribution in [0.3, 0.4) is 0 Å². The number of amides is 2. The highest BCUT2D eigenvalue weighted by molar-refractivity contribution is 9.11. The number of carbonyl (C=O) groups excluding carboxylic acids is 2. The highest BCUT2D eigenvalue weighted by Crippen LogP contribution is 2.44. The number of phenolic OH excluding ortho intramolecular Hbond substituents is 2. The number of hydrogen-bond donors (Lipinski definition) is 2. The van der Waals surface area contributed by atoms with Gasteiger partial charge in [0.15, 0.2) is 11.5 Å². The molecule has 2 aromatic carbocycles. The van der Waals surface area contributed by atoms with Crippen molar-refractivity contribution >= 4 is 72.4 Å². The predicted molar refractivity (Wildman–Crippen MR) is 114 cm³/mol. The third-order valence-electron chi connectivity index (χ3n) is 4.23. The van der Waals surface area contributed by atoms with Crippen LogP contribution in [0.15, 0.2) is 32.0 Å². The number of ether oxygens (including phenoxy) is 2. The quantitative estimate of drug-likeness (QED) is 0.493. The molecule has 0 spiro atoms. The molecule has 0 atom stereocenters. The monoisotopic (exact) mass is 561 g/mol. The molecule has 2 aromatic rings. The highest BCUT2D eigenvalue weighted by atomic mass is 79.9. The number of hydrogen-bond acceptors (Lipinski definition) is 7. The average molecular weight is 564 g/mol. The Bertz CT molecular complexity index is 1110. The molecule has 7 nitrogen and oxygen atoms in total. The number of nitrogens with zero attached hydrogens (tertiary/aromatic N) is 1. The van der Waals surface area contributed by atoms with E-state index in [0.29, 0.717) is 26.6 Å². The summed E-state index contributed by atoms with van der Waals surface area (Å²) in [4.78, 5) is 26.4. The van der Waals surface area contributed by atoms with E-state index in [-0.39, 0.29) is 39.8 Å². The van der Waals surface area contributed by atoms with Crippen molar-refractivity contribution in [1.29, 1.82) is 0 Å². The maximum absolute atomic E-state index is 12.8. The van der Waals surface area contributed by atoms with Gasteiger partial charge in [-0.2, -0.15) is 0 Å². The highest BCUT2D eigenvalue weighted by Gasteiger charge is 2.36. The number of imide groups is 1. The summed E-state index contributed by atoms with van der Waals surface area (Å²) in [5, 5.41) is 19.9. The molecule has 0 radical (unpaired) electrons. The molecule has 1 saturated heterocycles. The van der Waals surface area contributed by atoms with E-state index in [1.54, 1.807) is 12.1 Å². The number of aromatic hydroxyl groups is 2. The molecule has 0 saturated carbocycles. The van der Waals surface area contributed by atoms with Gasteiger partial charge in [0.2, 0.25) is 6.79 Å². The Morgan fingerprint density at radius 1 is 1.14 bits per heavy atom. The van der Waals surface area contributed by atoms with E-state index >= 15 is 0 Å². The molecule has 4 rings (SSSR count). The summed E-state index contributed by atoms with van der Waals surface area (Å²) in [6, 6.07) is 4.66. The standard InChI is InChI=1S/C18H10Br2ClNO6S/c19-9-1-7(15(23)14(20)16(9)24)3-13-17(25)22(18(26)29-13)5-8-2-11-12(4-10(8)21)28-6-27-11/h1-4,23-24H,5-6H2/b13-3-. The second-order valence-electron chi connectivity index (χ2n) is 6.02. The van der Waals surface area contributed by atoms with Gasteiger partial charge in [-0.1, -0.05) is 11.6 Å². The van der Waals surface area contributed by atoms with Crippen molar-refractivity contribution in [3.8, 4) is 23.0 Å².